The number of aromatic hydroxyl groups is 1. The maximum absolute atomic E-state index is 9.55. The summed E-state index contributed by atoms with van der Waals surface area (Å²) in [6.07, 6.45) is 1.80. The van der Waals surface area contributed by atoms with Gasteiger partial charge in [-0.05, 0) is 24.6 Å². The summed E-state index contributed by atoms with van der Waals surface area (Å²) in [4.78, 5) is 7.70. The van der Waals surface area contributed by atoms with E-state index in [4.69, 9.17) is 11.6 Å². The average Bonchev–Trinajstić information content (AvgIpc) is 2.72. The maximum atomic E-state index is 9.55. The topological polar surface area (TPSA) is 48.9 Å². The summed E-state index contributed by atoms with van der Waals surface area (Å²) in [7, 11) is 0. The van der Waals surface area contributed by atoms with Gasteiger partial charge in [0.05, 0.1) is 16.9 Å². The lowest BCUT2D eigenvalue weighted by atomic mass is 9.96. The summed E-state index contributed by atoms with van der Waals surface area (Å²) in [5.41, 5.74) is 2.81. The predicted octanol–water partition coefficient (Wildman–Crippen LogP) is 4.04. The second-order valence-corrected chi connectivity index (χ2v) is 5.92. The number of phenols is 1. The number of H-pyrrole nitrogens is 1. The zero-order valence-corrected chi connectivity index (χ0v) is 11.8. The van der Waals surface area contributed by atoms with Gasteiger partial charge in [0.15, 0.2) is 0 Å². The van der Waals surface area contributed by atoms with Crippen molar-refractivity contribution in [2.45, 2.75) is 33.1 Å². The first-order valence-corrected chi connectivity index (χ1v) is 6.22. The Kier molecular flexibility index (Phi) is 3.11. The largest absolute Gasteiger partial charge is 0.506 e. The Bertz CT molecular complexity index is 582. The molecule has 0 unspecified atom stereocenters. The Balaban J connectivity index is 2.50. The van der Waals surface area contributed by atoms with Gasteiger partial charge >= 0.3 is 0 Å². The second-order valence-electron chi connectivity index (χ2n) is 5.51. The van der Waals surface area contributed by atoms with Gasteiger partial charge in [0.25, 0.3) is 0 Å². The van der Waals surface area contributed by atoms with Gasteiger partial charge < -0.3 is 10.1 Å². The van der Waals surface area contributed by atoms with E-state index in [0.29, 0.717) is 5.02 Å². The highest BCUT2D eigenvalue weighted by Gasteiger charge is 2.18. The zero-order valence-electron chi connectivity index (χ0n) is 11.0. The lowest BCUT2D eigenvalue weighted by Gasteiger charge is -2.14. The van der Waals surface area contributed by atoms with Crippen LogP contribution >= 0.6 is 11.6 Å². The highest BCUT2D eigenvalue weighted by molar-refractivity contribution is 6.32. The van der Waals surface area contributed by atoms with Crippen molar-refractivity contribution in [3.63, 3.8) is 0 Å². The van der Waals surface area contributed by atoms with Crippen molar-refractivity contribution in [3.8, 4) is 17.0 Å². The number of aryl methyl sites for hydroxylation is 1. The maximum Gasteiger partial charge on any atom is 0.134 e. The van der Waals surface area contributed by atoms with E-state index in [0.717, 1.165) is 22.6 Å². The minimum absolute atomic E-state index is 0.0210. The molecule has 0 saturated carbocycles. The number of hydrogen-bond acceptors (Lipinski definition) is 2. The third-order valence-electron chi connectivity index (χ3n) is 2.87. The molecule has 18 heavy (non-hydrogen) atoms. The van der Waals surface area contributed by atoms with Crippen molar-refractivity contribution in [3.05, 3.63) is 34.7 Å². The van der Waals surface area contributed by atoms with Crippen molar-refractivity contribution in [2.75, 3.05) is 0 Å². The van der Waals surface area contributed by atoms with Crippen molar-refractivity contribution >= 4 is 11.6 Å². The molecule has 0 saturated heterocycles. The molecule has 1 aromatic heterocycles. The fourth-order valence-electron chi connectivity index (χ4n) is 1.80. The molecular formula is C14H17ClN2O. The average molecular weight is 265 g/mol. The lowest BCUT2D eigenvalue weighted by molar-refractivity contribution is 0.475. The van der Waals surface area contributed by atoms with Gasteiger partial charge in [-0.1, -0.05) is 32.4 Å². The van der Waals surface area contributed by atoms with Gasteiger partial charge in [-0.15, -0.1) is 0 Å². The van der Waals surface area contributed by atoms with Crippen LogP contribution in [0.1, 0.15) is 32.2 Å². The van der Waals surface area contributed by atoms with E-state index in [9.17, 15) is 5.11 Å². The Morgan fingerprint density at radius 2 is 1.94 bits per heavy atom. The number of nitrogens with zero attached hydrogens (tertiary/aromatic N) is 1. The Morgan fingerprint density at radius 3 is 2.50 bits per heavy atom. The third-order valence-corrected chi connectivity index (χ3v) is 3.17. The number of aromatic nitrogens is 2. The third kappa shape index (κ3) is 2.36. The SMILES string of the molecule is Cc1cc(O)c(Cl)cc1-c1cnc(C(C)(C)C)[nH]1. The highest BCUT2D eigenvalue weighted by Crippen LogP contribution is 2.32. The number of halogens is 1. The molecule has 0 fully saturated rings. The number of imidazole rings is 1. The molecule has 0 bridgehead atoms. The molecule has 1 heterocycles. The zero-order chi connectivity index (χ0) is 13.5. The number of phenolic OH excluding ortho intramolecular Hbond substituents is 1. The van der Waals surface area contributed by atoms with E-state index in [1.807, 2.05) is 6.92 Å². The van der Waals surface area contributed by atoms with Crippen molar-refractivity contribution in [1.29, 1.82) is 0 Å². The van der Waals surface area contributed by atoms with E-state index in [-0.39, 0.29) is 11.2 Å². The molecule has 0 spiro atoms. The van der Waals surface area contributed by atoms with Crippen LogP contribution < -0.4 is 0 Å². The Morgan fingerprint density at radius 1 is 1.28 bits per heavy atom. The molecule has 2 rings (SSSR count). The molecular weight excluding hydrogens is 248 g/mol. The summed E-state index contributed by atoms with van der Waals surface area (Å²) in [6, 6.07) is 3.42. The Hall–Kier alpha value is -1.48. The van der Waals surface area contributed by atoms with E-state index < -0.39 is 0 Å². The molecule has 3 nitrogen and oxygen atoms in total. The number of aromatic amines is 1. The number of hydrogen-bond donors (Lipinski definition) is 2. The quantitative estimate of drug-likeness (QED) is 0.817. The van der Waals surface area contributed by atoms with Crippen molar-refractivity contribution < 1.29 is 5.11 Å². The predicted molar refractivity (Wildman–Crippen MR) is 74.1 cm³/mol. The minimum Gasteiger partial charge on any atom is -0.506 e. The monoisotopic (exact) mass is 264 g/mol. The second kappa shape index (κ2) is 4.32. The van der Waals surface area contributed by atoms with Crippen LogP contribution in [0.3, 0.4) is 0 Å². The van der Waals surface area contributed by atoms with Gasteiger partial charge in [0.1, 0.15) is 11.6 Å². The standard InChI is InChI=1S/C14H17ClN2O/c1-8-5-12(18)10(15)6-9(8)11-7-16-13(17-11)14(2,3)4/h5-7,18H,1-4H3,(H,16,17). The van der Waals surface area contributed by atoms with Crippen LogP contribution in [0.15, 0.2) is 18.3 Å². The molecule has 2 aromatic rings. The van der Waals surface area contributed by atoms with Gasteiger partial charge in [-0.3, -0.25) is 0 Å². The van der Waals surface area contributed by atoms with E-state index >= 15 is 0 Å². The van der Waals surface area contributed by atoms with Crippen LogP contribution in [-0.4, -0.2) is 15.1 Å². The van der Waals surface area contributed by atoms with Crippen LogP contribution in [0, 0.1) is 6.92 Å². The molecule has 0 aliphatic rings. The smallest absolute Gasteiger partial charge is 0.134 e. The van der Waals surface area contributed by atoms with Gasteiger partial charge in [0.2, 0.25) is 0 Å². The van der Waals surface area contributed by atoms with Gasteiger partial charge in [-0.25, -0.2) is 4.98 Å². The van der Waals surface area contributed by atoms with Crippen LogP contribution in [0.4, 0.5) is 0 Å². The van der Waals surface area contributed by atoms with Crippen LogP contribution in [0.2, 0.25) is 5.02 Å². The molecule has 96 valence electrons. The number of nitrogens with one attached hydrogen (secondary N) is 1. The summed E-state index contributed by atoms with van der Waals surface area (Å²) in [5.74, 6) is 1.04. The lowest BCUT2D eigenvalue weighted by Crippen LogP contribution is -2.13. The summed E-state index contributed by atoms with van der Waals surface area (Å²) >= 11 is 5.95. The van der Waals surface area contributed by atoms with E-state index in [1.54, 1.807) is 18.3 Å². The fourth-order valence-corrected chi connectivity index (χ4v) is 1.96. The number of rotatable bonds is 1. The summed E-state index contributed by atoms with van der Waals surface area (Å²) in [6.45, 7) is 8.24. The Labute approximate surface area is 112 Å². The molecule has 0 amide bonds. The summed E-state index contributed by atoms with van der Waals surface area (Å²) < 4.78 is 0. The van der Waals surface area contributed by atoms with Crippen LogP contribution in [0.25, 0.3) is 11.3 Å². The van der Waals surface area contributed by atoms with E-state index in [1.165, 1.54) is 0 Å². The van der Waals surface area contributed by atoms with Crippen molar-refractivity contribution in [1.82, 2.24) is 9.97 Å². The van der Waals surface area contributed by atoms with E-state index in [2.05, 4.69) is 30.7 Å². The summed E-state index contributed by atoms with van der Waals surface area (Å²) in [5, 5.41) is 9.90. The van der Waals surface area contributed by atoms with Crippen LogP contribution in [-0.2, 0) is 5.41 Å². The van der Waals surface area contributed by atoms with Crippen LogP contribution in [0.5, 0.6) is 5.75 Å². The molecule has 0 aliphatic heterocycles. The highest BCUT2D eigenvalue weighted by atomic mass is 35.5. The first-order chi connectivity index (χ1) is 8.29. The first kappa shape index (κ1) is 13.0. The van der Waals surface area contributed by atoms with Gasteiger partial charge in [0, 0.05) is 11.0 Å². The van der Waals surface area contributed by atoms with Gasteiger partial charge in [-0.2, -0.15) is 0 Å². The molecule has 4 heteroatoms. The normalized spacial score (nSPS) is 11.8. The molecule has 0 aliphatic carbocycles. The molecule has 2 N–H and O–H groups in total. The minimum atomic E-state index is -0.0210. The van der Waals surface area contributed by atoms with Crippen molar-refractivity contribution in [2.24, 2.45) is 0 Å². The number of benzene rings is 1. The molecule has 0 atom stereocenters. The first-order valence-electron chi connectivity index (χ1n) is 5.84. The fraction of sp³-hybridized carbons (Fsp3) is 0.357. The molecule has 0 radical (unpaired) electrons. The molecule has 1 aromatic carbocycles.